The summed E-state index contributed by atoms with van der Waals surface area (Å²) in [5.74, 6) is 1.15. The topological polar surface area (TPSA) is 64.3 Å². The smallest absolute Gasteiger partial charge is 0.251 e. The predicted octanol–water partition coefficient (Wildman–Crippen LogP) is 3.67. The molecule has 2 aliphatic rings. The molecule has 2 bridgehead atoms. The molecule has 2 unspecified atom stereocenters. The van der Waals surface area contributed by atoms with Crippen LogP contribution in [-0.2, 0) is 11.3 Å². The number of nitrogens with two attached hydrogens (primary N) is 1. The maximum atomic E-state index is 12.6. The molecule has 1 amide bonds. The number of fused-ring (bicyclic) bond motifs is 2. The lowest BCUT2D eigenvalue weighted by atomic mass is 9.67. The first kappa shape index (κ1) is 20.2. The van der Waals surface area contributed by atoms with Crippen LogP contribution in [0.2, 0.25) is 0 Å². The van der Waals surface area contributed by atoms with Crippen LogP contribution < -0.4 is 11.1 Å². The van der Waals surface area contributed by atoms with Crippen molar-refractivity contribution in [1.29, 1.82) is 0 Å². The molecule has 4 nitrogen and oxygen atoms in total. The molecule has 0 aromatic heterocycles. The summed E-state index contributed by atoms with van der Waals surface area (Å²) in [6.07, 6.45) is 5.98. The highest BCUT2D eigenvalue weighted by molar-refractivity contribution is 5.94. The predicted molar refractivity (Wildman–Crippen MR) is 103 cm³/mol. The molecule has 5 heteroatoms. The minimum atomic E-state index is 0. The van der Waals surface area contributed by atoms with E-state index in [1.165, 1.54) is 19.3 Å². The summed E-state index contributed by atoms with van der Waals surface area (Å²) in [5, 5.41) is 3.30. The Morgan fingerprint density at radius 2 is 1.80 bits per heavy atom. The Labute approximate surface area is 157 Å². The number of halogens is 1. The third-order valence-electron chi connectivity index (χ3n) is 5.47. The van der Waals surface area contributed by atoms with E-state index in [-0.39, 0.29) is 24.4 Å². The second-order valence-electron chi connectivity index (χ2n) is 7.74. The van der Waals surface area contributed by atoms with Gasteiger partial charge in [0.2, 0.25) is 0 Å². The van der Waals surface area contributed by atoms with Crippen LogP contribution in [0.25, 0.3) is 0 Å². The molecule has 3 rings (SSSR count). The Hall–Kier alpha value is -1.10. The second-order valence-corrected chi connectivity index (χ2v) is 7.74. The fourth-order valence-electron chi connectivity index (χ4n) is 4.27. The van der Waals surface area contributed by atoms with Gasteiger partial charge in [-0.25, -0.2) is 0 Å². The maximum Gasteiger partial charge on any atom is 0.251 e. The Kier molecular flexibility index (Phi) is 7.29. The van der Waals surface area contributed by atoms with Gasteiger partial charge in [-0.05, 0) is 69.1 Å². The summed E-state index contributed by atoms with van der Waals surface area (Å²) in [5.41, 5.74) is 8.00. The van der Waals surface area contributed by atoms with Gasteiger partial charge in [-0.1, -0.05) is 18.6 Å². The largest absolute Gasteiger partial charge is 0.374 e. The molecule has 1 aromatic rings. The van der Waals surface area contributed by atoms with Gasteiger partial charge >= 0.3 is 0 Å². The van der Waals surface area contributed by atoms with E-state index >= 15 is 0 Å². The summed E-state index contributed by atoms with van der Waals surface area (Å²) >= 11 is 0. The zero-order chi connectivity index (χ0) is 17.1. The number of carbonyl (C=O) groups excluding carboxylic acids is 1. The molecule has 2 saturated carbocycles. The lowest BCUT2D eigenvalue weighted by Gasteiger charge is -2.45. The highest BCUT2D eigenvalue weighted by Gasteiger charge is 2.39. The summed E-state index contributed by atoms with van der Waals surface area (Å²) < 4.78 is 5.60. The Morgan fingerprint density at radius 1 is 1.20 bits per heavy atom. The van der Waals surface area contributed by atoms with Crippen molar-refractivity contribution in [3.05, 3.63) is 35.4 Å². The van der Waals surface area contributed by atoms with Gasteiger partial charge < -0.3 is 15.8 Å². The van der Waals surface area contributed by atoms with Gasteiger partial charge in [0, 0.05) is 17.6 Å². The highest BCUT2D eigenvalue weighted by atomic mass is 35.5. The van der Waals surface area contributed by atoms with Gasteiger partial charge in [0.15, 0.2) is 0 Å². The third kappa shape index (κ3) is 5.19. The SMILES string of the molecule is CC(C)OCc1ccc(C(=O)NC2C3CCCC2CC(N)C3)cc1.Cl. The first-order valence-corrected chi connectivity index (χ1v) is 9.30. The standard InChI is InChI=1S/C20H30N2O2.ClH/c1-13(2)24-12-14-6-8-15(9-7-14)20(23)22-19-16-4-3-5-17(19)11-18(21)10-16;/h6-9,13,16-19H,3-5,10-12,21H2,1-2H3,(H,22,23);1H. The normalized spacial score (nSPS) is 28.3. The van der Waals surface area contributed by atoms with Crippen LogP contribution in [0.3, 0.4) is 0 Å². The Morgan fingerprint density at radius 3 is 2.36 bits per heavy atom. The molecule has 0 radical (unpaired) electrons. The molecular formula is C20H31ClN2O2. The van der Waals surface area contributed by atoms with Crippen molar-refractivity contribution in [3.8, 4) is 0 Å². The van der Waals surface area contributed by atoms with Crippen LogP contribution in [0, 0.1) is 11.8 Å². The van der Waals surface area contributed by atoms with Crippen LogP contribution in [0.15, 0.2) is 24.3 Å². The summed E-state index contributed by atoms with van der Waals surface area (Å²) in [7, 11) is 0. The van der Waals surface area contributed by atoms with Gasteiger partial charge in [0.05, 0.1) is 12.7 Å². The minimum Gasteiger partial charge on any atom is -0.374 e. The molecular weight excluding hydrogens is 336 g/mol. The van der Waals surface area contributed by atoms with E-state index < -0.39 is 0 Å². The third-order valence-corrected chi connectivity index (χ3v) is 5.47. The molecule has 0 aliphatic heterocycles. The van der Waals surface area contributed by atoms with E-state index in [1.807, 2.05) is 38.1 Å². The van der Waals surface area contributed by atoms with Crippen LogP contribution in [0.5, 0.6) is 0 Å². The van der Waals surface area contributed by atoms with Crippen LogP contribution in [-0.4, -0.2) is 24.1 Å². The first-order valence-electron chi connectivity index (χ1n) is 9.30. The zero-order valence-corrected chi connectivity index (χ0v) is 16.1. The average Bonchev–Trinajstić information content (AvgIpc) is 2.54. The number of nitrogens with one attached hydrogen (secondary N) is 1. The van der Waals surface area contributed by atoms with Crippen molar-refractivity contribution in [3.63, 3.8) is 0 Å². The van der Waals surface area contributed by atoms with E-state index in [0.29, 0.717) is 30.5 Å². The van der Waals surface area contributed by atoms with Crippen LogP contribution >= 0.6 is 12.4 Å². The van der Waals surface area contributed by atoms with E-state index in [0.717, 1.165) is 24.0 Å². The number of hydrogen-bond acceptors (Lipinski definition) is 3. The monoisotopic (exact) mass is 366 g/mol. The Balaban J connectivity index is 0.00000225. The average molecular weight is 367 g/mol. The van der Waals surface area contributed by atoms with Gasteiger partial charge in [0.1, 0.15) is 0 Å². The lowest BCUT2D eigenvalue weighted by molar-refractivity contribution is 0.0656. The number of rotatable bonds is 5. The minimum absolute atomic E-state index is 0. The molecule has 3 N–H and O–H groups in total. The maximum absolute atomic E-state index is 12.6. The van der Waals surface area contributed by atoms with Crippen molar-refractivity contribution in [2.24, 2.45) is 17.6 Å². The molecule has 25 heavy (non-hydrogen) atoms. The summed E-state index contributed by atoms with van der Waals surface area (Å²) in [6, 6.07) is 8.38. The van der Waals surface area contributed by atoms with Gasteiger partial charge in [-0.15, -0.1) is 12.4 Å². The number of amides is 1. The molecule has 2 atom stereocenters. The fourth-order valence-corrected chi connectivity index (χ4v) is 4.27. The molecule has 0 saturated heterocycles. The molecule has 0 heterocycles. The number of benzene rings is 1. The fraction of sp³-hybridized carbons (Fsp3) is 0.650. The summed E-state index contributed by atoms with van der Waals surface area (Å²) in [4.78, 5) is 12.6. The molecule has 1 aromatic carbocycles. The molecule has 2 fully saturated rings. The lowest BCUT2D eigenvalue weighted by Crippen LogP contribution is -2.53. The van der Waals surface area contributed by atoms with Crippen molar-refractivity contribution >= 4 is 18.3 Å². The van der Waals surface area contributed by atoms with Gasteiger partial charge in [0.25, 0.3) is 5.91 Å². The van der Waals surface area contributed by atoms with Gasteiger partial charge in [-0.2, -0.15) is 0 Å². The molecule has 140 valence electrons. The van der Waals surface area contributed by atoms with Gasteiger partial charge in [-0.3, -0.25) is 4.79 Å². The van der Waals surface area contributed by atoms with Crippen LogP contribution in [0.4, 0.5) is 0 Å². The van der Waals surface area contributed by atoms with Crippen molar-refractivity contribution in [2.45, 2.75) is 70.7 Å². The number of ether oxygens (including phenoxy) is 1. The van der Waals surface area contributed by atoms with E-state index in [1.54, 1.807) is 0 Å². The van der Waals surface area contributed by atoms with Crippen molar-refractivity contribution in [1.82, 2.24) is 5.32 Å². The highest BCUT2D eigenvalue weighted by Crippen LogP contribution is 2.39. The van der Waals surface area contributed by atoms with Crippen molar-refractivity contribution < 1.29 is 9.53 Å². The first-order chi connectivity index (χ1) is 11.5. The molecule has 0 spiro atoms. The second kappa shape index (κ2) is 9.02. The quantitative estimate of drug-likeness (QED) is 0.835. The number of carbonyl (C=O) groups is 1. The summed E-state index contributed by atoms with van der Waals surface area (Å²) in [6.45, 7) is 4.63. The van der Waals surface area contributed by atoms with E-state index in [2.05, 4.69) is 5.32 Å². The zero-order valence-electron chi connectivity index (χ0n) is 15.2. The number of hydrogen-bond donors (Lipinski definition) is 2. The molecule has 2 aliphatic carbocycles. The Bertz CT molecular complexity index is 547. The van der Waals surface area contributed by atoms with Crippen molar-refractivity contribution in [2.75, 3.05) is 0 Å². The van der Waals surface area contributed by atoms with E-state index in [4.69, 9.17) is 10.5 Å². The van der Waals surface area contributed by atoms with Crippen LogP contribution in [0.1, 0.15) is 61.9 Å². The van der Waals surface area contributed by atoms with E-state index in [9.17, 15) is 4.79 Å².